The summed E-state index contributed by atoms with van der Waals surface area (Å²) in [6.45, 7) is 0.295. The van der Waals surface area contributed by atoms with Crippen molar-refractivity contribution in [1.82, 2.24) is 4.90 Å². The van der Waals surface area contributed by atoms with Gasteiger partial charge in [0.05, 0.1) is 17.4 Å². The lowest BCUT2D eigenvalue weighted by Gasteiger charge is -2.33. The fourth-order valence-corrected chi connectivity index (χ4v) is 4.59. The summed E-state index contributed by atoms with van der Waals surface area (Å²) in [5.41, 5.74) is 1.51. The van der Waals surface area contributed by atoms with Crippen molar-refractivity contribution in [1.29, 1.82) is 5.26 Å². The van der Waals surface area contributed by atoms with Gasteiger partial charge in [-0.1, -0.05) is 36.4 Å². The molecule has 24 heavy (non-hydrogen) atoms. The van der Waals surface area contributed by atoms with Crippen LogP contribution in [0.1, 0.15) is 26.7 Å². The molecule has 2 aromatic rings. The monoisotopic (exact) mass is 340 g/mol. The van der Waals surface area contributed by atoms with Crippen molar-refractivity contribution in [2.45, 2.75) is 5.25 Å². The number of sulfone groups is 1. The zero-order chi connectivity index (χ0) is 17.2. The maximum absolute atomic E-state index is 12.7. The lowest BCUT2D eigenvalue weighted by molar-refractivity contribution is 0.0758. The number of amides is 1. The highest BCUT2D eigenvalue weighted by Gasteiger charge is 2.36. The summed E-state index contributed by atoms with van der Waals surface area (Å²) in [6.07, 6.45) is 0. The van der Waals surface area contributed by atoms with Crippen LogP contribution >= 0.6 is 0 Å². The number of benzene rings is 2. The quantitative estimate of drug-likeness (QED) is 0.839. The van der Waals surface area contributed by atoms with Crippen LogP contribution < -0.4 is 0 Å². The fraction of sp³-hybridized carbons (Fsp3) is 0.222. The van der Waals surface area contributed by atoms with Gasteiger partial charge in [-0.3, -0.25) is 4.79 Å². The van der Waals surface area contributed by atoms with Crippen molar-refractivity contribution < 1.29 is 13.2 Å². The molecule has 0 aliphatic carbocycles. The minimum Gasteiger partial charge on any atom is -0.336 e. The summed E-state index contributed by atoms with van der Waals surface area (Å²) in [4.78, 5) is 14.2. The maximum Gasteiger partial charge on any atom is 0.253 e. The summed E-state index contributed by atoms with van der Waals surface area (Å²) in [5.74, 6) is -0.307. The molecule has 5 nitrogen and oxygen atoms in total. The molecule has 1 aliphatic rings. The van der Waals surface area contributed by atoms with Crippen LogP contribution in [0.2, 0.25) is 0 Å². The Morgan fingerprint density at radius 2 is 1.88 bits per heavy atom. The van der Waals surface area contributed by atoms with Crippen molar-refractivity contribution >= 4 is 15.7 Å². The van der Waals surface area contributed by atoms with E-state index in [1.165, 1.54) is 6.07 Å². The number of hydrogen-bond acceptors (Lipinski definition) is 4. The van der Waals surface area contributed by atoms with Crippen molar-refractivity contribution in [2.75, 3.05) is 18.8 Å². The van der Waals surface area contributed by atoms with E-state index in [-0.39, 0.29) is 24.7 Å². The zero-order valence-electron chi connectivity index (χ0n) is 12.9. The van der Waals surface area contributed by atoms with Gasteiger partial charge in [-0.05, 0) is 23.8 Å². The highest BCUT2D eigenvalue weighted by Crippen LogP contribution is 2.28. The van der Waals surface area contributed by atoms with Crippen LogP contribution in [0.25, 0.3) is 0 Å². The summed E-state index contributed by atoms with van der Waals surface area (Å²) >= 11 is 0. The van der Waals surface area contributed by atoms with Crippen LogP contribution in [-0.2, 0) is 9.84 Å². The summed E-state index contributed by atoms with van der Waals surface area (Å²) in [6, 6.07) is 17.4. The van der Waals surface area contributed by atoms with Crippen LogP contribution in [0.4, 0.5) is 0 Å². The number of rotatable bonds is 2. The van der Waals surface area contributed by atoms with Gasteiger partial charge in [-0.2, -0.15) is 5.26 Å². The lowest BCUT2D eigenvalue weighted by atomic mass is 10.1. The summed E-state index contributed by atoms with van der Waals surface area (Å²) < 4.78 is 24.8. The van der Waals surface area contributed by atoms with E-state index in [1.54, 1.807) is 47.4 Å². The predicted octanol–water partition coefficient (Wildman–Crippen LogP) is 2.17. The normalized spacial score (nSPS) is 19.5. The second kappa shape index (κ2) is 6.46. The molecule has 2 aromatic carbocycles. The fourth-order valence-electron chi connectivity index (χ4n) is 2.85. The number of carbonyl (C=O) groups is 1. The van der Waals surface area contributed by atoms with Gasteiger partial charge in [-0.25, -0.2) is 8.42 Å². The third-order valence-corrected chi connectivity index (χ3v) is 6.20. The summed E-state index contributed by atoms with van der Waals surface area (Å²) in [5, 5.41) is 8.25. The standard InChI is InChI=1S/C18H16N2O3S/c19-12-14-5-4-8-16(11-14)18(21)20-9-10-24(22,23)17(13-20)15-6-2-1-3-7-15/h1-8,11,17H,9-10,13H2. The molecule has 1 aliphatic heterocycles. The first-order valence-electron chi connectivity index (χ1n) is 7.57. The van der Waals surface area contributed by atoms with Crippen LogP contribution in [0, 0.1) is 11.3 Å². The van der Waals surface area contributed by atoms with E-state index in [4.69, 9.17) is 5.26 Å². The van der Waals surface area contributed by atoms with Crippen molar-refractivity contribution in [3.05, 3.63) is 71.3 Å². The molecule has 1 fully saturated rings. The molecular weight excluding hydrogens is 324 g/mol. The Labute approximate surface area is 141 Å². The van der Waals surface area contributed by atoms with Crippen LogP contribution in [0.3, 0.4) is 0 Å². The third-order valence-electron chi connectivity index (χ3n) is 4.16. The molecule has 0 radical (unpaired) electrons. The molecule has 0 saturated carbocycles. The van der Waals surface area contributed by atoms with E-state index >= 15 is 0 Å². The molecule has 3 rings (SSSR count). The summed E-state index contributed by atoms with van der Waals surface area (Å²) in [7, 11) is -3.28. The molecule has 1 unspecified atom stereocenters. The Hall–Kier alpha value is -2.65. The average molecular weight is 340 g/mol. The van der Waals surface area contributed by atoms with E-state index in [2.05, 4.69) is 0 Å². The van der Waals surface area contributed by atoms with E-state index in [9.17, 15) is 13.2 Å². The largest absolute Gasteiger partial charge is 0.336 e. The Morgan fingerprint density at radius 1 is 1.12 bits per heavy atom. The molecule has 0 spiro atoms. The molecule has 0 bridgehead atoms. The minimum absolute atomic E-state index is 0.0593. The first-order valence-corrected chi connectivity index (χ1v) is 9.29. The molecule has 1 heterocycles. The third kappa shape index (κ3) is 3.17. The van der Waals surface area contributed by atoms with Gasteiger partial charge in [0, 0.05) is 18.7 Å². The second-order valence-electron chi connectivity index (χ2n) is 5.71. The van der Waals surface area contributed by atoms with E-state index in [0.717, 1.165) is 0 Å². The Bertz CT molecular complexity index is 901. The molecule has 1 amide bonds. The maximum atomic E-state index is 12.7. The first-order chi connectivity index (χ1) is 11.5. The molecule has 1 saturated heterocycles. The highest BCUT2D eigenvalue weighted by molar-refractivity contribution is 7.91. The number of nitriles is 1. The van der Waals surface area contributed by atoms with Crippen molar-refractivity contribution in [2.24, 2.45) is 0 Å². The van der Waals surface area contributed by atoms with E-state index in [0.29, 0.717) is 16.7 Å². The number of carbonyl (C=O) groups excluding carboxylic acids is 1. The first kappa shape index (κ1) is 16.2. The molecule has 6 heteroatoms. The van der Waals surface area contributed by atoms with Gasteiger partial charge >= 0.3 is 0 Å². The SMILES string of the molecule is N#Cc1cccc(C(=O)N2CCS(=O)(=O)C(c3ccccc3)C2)c1. The van der Waals surface area contributed by atoms with E-state index < -0.39 is 15.1 Å². The molecule has 122 valence electrons. The van der Waals surface area contributed by atoms with Gasteiger partial charge in [0.1, 0.15) is 5.25 Å². The van der Waals surface area contributed by atoms with E-state index in [1.807, 2.05) is 12.1 Å². The minimum atomic E-state index is -3.28. The second-order valence-corrected chi connectivity index (χ2v) is 8.01. The predicted molar refractivity (Wildman–Crippen MR) is 90.0 cm³/mol. The average Bonchev–Trinajstić information content (AvgIpc) is 2.61. The Morgan fingerprint density at radius 3 is 2.58 bits per heavy atom. The molecular formula is C18H16N2O3S. The molecule has 0 N–H and O–H groups in total. The van der Waals surface area contributed by atoms with Gasteiger partial charge in [0.25, 0.3) is 5.91 Å². The Balaban J connectivity index is 1.88. The Kier molecular flexibility index (Phi) is 4.36. The highest BCUT2D eigenvalue weighted by atomic mass is 32.2. The van der Waals surface area contributed by atoms with Crippen molar-refractivity contribution in [3.8, 4) is 6.07 Å². The van der Waals surface area contributed by atoms with Crippen LogP contribution in [0.15, 0.2) is 54.6 Å². The lowest BCUT2D eigenvalue weighted by Crippen LogP contribution is -2.45. The molecule has 0 aromatic heterocycles. The smallest absolute Gasteiger partial charge is 0.253 e. The zero-order valence-corrected chi connectivity index (χ0v) is 13.7. The molecule has 1 atom stereocenters. The van der Waals surface area contributed by atoms with Gasteiger partial charge in [0.15, 0.2) is 9.84 Å². The number of nitrogens with zero attached hydrogens (tertiary/aromatic N) is 2. The van der Waals surface area contributed by atoms with Crippen LogP contribution in [-0.4, -0.2) is 38.1 Å². The van der Waals surface area contributed by atoms with Gasteiger partial charge < -0.3 is 4.90 Å². The van der Waals surface area contributed by atoms with Gasteiger partial charge in [0.2, 0.25) is 0 Å². The topological polar surface area (TPSA) is 78.2 Å². The van der Waals surface area contributed by atoms with Crippen molar-refractivity contribution in [3.63, 3.8) is 0 Å². The van der Waals surface area contributed by atoms with Crippen LogP contribution in [0.5, 0.6) is 0 Å². The number of hydrogen-bond donors (Lipinski definition) is 0. The van der Waals surface area contributed by atoms with Gasteiger partial charge in [-0.15, -0.1) is 0 Å².